The Bertz CT molecular complexity index is 1170. The molecular formula is C23H25Cl2F3N2O4S. The molecule has 0 spiro atoms. The third kappa shape index (κ3) is 7.03. The molecule has 6 nitrogen and oxygen atoms in total. The number of sulfonamides is 1. The van der Waals surface area contributed by atoms with Gasteiger partial charge >= 0.3 is 12.3 Å². The van der Waals surface area contributed by atoms with Gasteiger partial charge in [-0.25, -0.2) is 17.9 Å². The number of ether oxygens (including phenoxy) is 1. The first-order valence-electron chi connectivity index (χ1n) is 11.0. The lowest BCUT2D eigenvalue weighted by Gasteiger charge is -2.31. The molecule has 12 heteroatoms. The first-order valence-corrected chi connectivity index (χ1v) is 13.3. The second-order valence-electron chi connectivity index (χ2n) is 8.18. The number of halogens is 5. The van der Waals surface area contributed by atoms with E-state index in [4.69, 9.17) is 27.9 Å². The quantitative estimate of drug-likeness (QED) is 0.405. The molecule has 1 saturated heterocycles. The highest BCUT2D eigenvalue weighted by atomic mass is 35.5. The lowest BCUT2D eigenvalue weighted by molar-refractivity contribution is -0.139. The van der Waals surface area contributed by atoms with Crippen molar-refractivity contribution < 1.29 is 31.1 Å². The van der Waals surface area contributed by atoms with Crippen molar-refractivity contribution in [2.24, 2.45) is 0 Å². The average Bonchev–Trinajstić information content (AvgIpc) is 2.80. The number of amides is 1. The average molecular weight is 553 g/mol. The molecule has 0 unspecified atom stereocenters. The first-order chi connectivity index (χ1) is 16.4. The predicted molar refractivity (Wildman–Crippen MR) is 128 cm³/mol. The van der Waals surface area contributed by atoms with E-state index in [2.05, 4.69) is 4.72 Å². The third-order valence-electron chi connectivity index (χ3n) is 5.61. The van der Waals surface area contributed by atoms with Gasteiger partial charge in [-0.15, -0.1) is 0 Å². The van der Waals surface area contributed by atoms with Gasteiger partial charge in [0.1, 0.15) is 0 Å². The number of nitrogens with zero attached hydrogens (tertiary/aromatic N) is 1. The summed E-state index contributed by atoms with van der Waals surface area (Å²) in [5.41, 5.74) is -0.978. The monoisotopic (exact) mass is 552 g/mol. The maximum Gasteiger partial charge on any atom is 0.417 e. The van der Waals surface area contributed by atoms with Crippen LogP contribution in [0.1, 0.15) is 38.2 Å². The van der Waals surface area contributed by atoms with Gasteiger partial charge in [-0.3, -0.25) is 0 Å². The maximum atomic E-state index is 13.9. The molecule has 0 aliphatic carbocycles. The number of rotatable bonds is 7. The largest absolute Gasteiger partial charge is 0.449 e. The van der Waals surface area contributed by atoms with E-state index in [0.717, 1.165) is 25.0 Å². The number of hydrogen-bond donors (Lipinski definition) is 1. The van der Waals surface area contributed by atoms with Crippen LogP contribution in [0.3, 0.4) is 0 Å². The van der Waals surface area contributed by atoms with Crippen LogP contribution in [0.4, 0.5) is 18.0 Å². The van der Waals surface area contributed by atoms with Crippen molar-refractivity contribution in [2.45, 2.75) is 49.7 Å². The van der Waals surface area contributed by atoms with Gasteiger partial charge in [0.15, 0.2) is 0 Å². The van der Waals surface area contributed by atoms with Gasteiger partial charge in [-0.2, -0.15) is 13.2 Å². The zero-order valence-electron chi connectivity index (χ0n) is 18.9. The van der Waals surface area contributed by atoms with E-state index >= 15 is 0 Å². The fourth-order valence-electron chi connectivity index (χ4n) is 3.73. The normalized spacial score (nSPS) is 15.3. The maximum absolute atomic E-state index is 13.9. The van der Waals surface area contributed by atoms with Crippen LogP contribution in [-0.2, 0) is 20.9 Å². The Morgan fingerprint density at radius 3 is 2.46 bits per heavy atom. The molecular weight excluding hydrogens is 528 g/mol. The van der Waals surface area contributed by atoms with Crippen LogP contribution in [0.15, 0.2) is 41.3 Å². The molecule has 3 rings (SSSR count). The molecule has 1 amide bonds. The van der Waals surface area contributed by atoms with Gasteiger partial charge in [0, 0.05) is 34.7 Å². The first kappa shape index (κ1) is 27.6. The minimum Gasteiger partial charge on any atom is -0.449 e. The van der Waals surface area contributed by atoms with E-state index in [1.807, 2.05) is 6.92 Å². The van der Waals surface area contributed by atoms with Crippen LogP contribution in [0.5, 0.6) is 0 Å². The van der Waals surface area contributed by atoms with Gasteiger partial charge in [0.05, 0.1) is 17.1 Å². The van der Waals surface area contributed by atoms with Crippen LogP contribution in [0.2, 0.25) is 10.0 Å². The summed E-state index contributed by atoms with van der Waals surface area (Å²) in [6.07, 6.45) is -3.29. The Balaban J connectivity index is 1.79. The van der Waals surface area contributed by atoms with Gasteiger partial charge in [-0.1, -0.05) is 42.6 Å². The van der Waals surface area contributed by atoms with Crippen molar-refractivity contribution in [1.29, 1.82) is 0 Å². The molecule has 1 aliphatic heterocycles. The zero-order valence-corrected chi connectivity index (χ0v) is 21.2. The summed E-state index contributed by atoms with van der Waals surface area (Å²) in [6, 6.07) is 6.66. The smallest absolute Gasteiger partial charge is 0.417 e. The number of likely N-dealkylation sites (tertiary alicyclic amines) is 1. The lowest BCUT2D eigenvalue weighted by atomic mass is 10.0. The van der Waals surface area contributed by atoms with Crippen molar-refractivity contribution in [3.8, 4) is 11.1 Å². The topological polar surface area (TPSA) is 75.7 Å². The van der Waals surface area contributed by atoms with E-state index in [-0.39, 0.29) is 47.1 Å². The van der Waals surface area contributed by atoms with Gasteiger partial charge in [0.2, 0.25) is 10.0 Å². The van der Waals surface area contributed by atoms with Crippen LogP contribution in [0.25, 0.3) is 11.1 Å². The van der Waals surface area contributed by atoms with Crippen molar-refractivity contribution in [1.82, 2.24) is 9.62 Å². The number of nitrogens with one attached hydrogen (secondary N) is 1. The Hall–Kier alpha value is -2.01. The highest BCUT2D eigenvalue weighted by molar-refractivity contribution is 7.89. The molecule has 1 fully saturated rings. The van der Waals surface area contributed by atoms with Gasteiger partial charge in [0.25, 0.3) is 0 Å². The Morgan fingerprint density at radius 2 is 1.83 bits per heavy atom. The van der Waals surface area contributed by atoms with E-state index in [9.17, 15) is 26.4 Å². The summed E-state index contributed by atoms with van der Waals surface area (Å²) >= 11 is 12.1. The van der Waals surface area contributed by atoms with Gasteiger partial charge < -0.3 is 9.64 Å². The van der Waals surface area contributed by atoms with E-state index in [0.29, 0.717) is 6.61 Å². The molecule has 2 aromatic rings. The Labute approximate surface area is 212 Å². The minimum atomic E-state index is -4.93. The summed E-state index contributed by atoms with van der Waals surface area (Å²) < 4.78 is 75.1. The number of piperidine rings is 1. The summed E-state index contributed by atoms with van der Waals surface area (Å²) in [5, 5.41) is 0.452. The van der Waals surface area contributed by atoms with Crippen LogP contribution < -0.4 is 4.72 Å². The van der Waals surface area contributed by atoms with Crippen molar-refractivity contribution in [3.05, 3.63) is 52.0 Å². The Kier molecular flexibility index (Phi) is 8.96. The van der Waals surface area contributed by atoms with Crippen LogP contribution >= 0.6 is 23.2 Å². The summed E-state index contributed by atoms with van der Waals surface area (Å²) in [4.78, 5) is 12.6. The molecule has 1 heterocycles. The molecule has 2 aromatic carbocycles. The van der Waals surface area contributed by atoms with E-state index < -0.39 is 38.8 Å². The second-order valence-corrected chi connectivity index (χ2v) is 10.7. The molecule has 35 heavy (non-hydrogen) atoms. The number of carbonyl (C=O) groups excluding carboxylic acids is 1. The lowest BCUT2D eigenvalue weighted by Crippen LogP contribution is -2.46. The molecule has 0 atom stereocenters. The fourth-order valence-corrected chi connectivity index (χ4v) is 5.64. The fraction of sp³-hybridized carbons (Fsp3) is 0.435. The summed E-state index contributed by atoms with van der Waals surface area (Å²) in [7, 11) is -4.51. The molecule has 0 bridgehead atoms. The molecule has 1 N–H and O–H groups in total. The standard InChI is InChI=1S/C23H25Cl2F3N2O4S/c1-2-3-12-34-22(31)30-10-8-17(9-11-30)29-35(32,33)21-7-4-15(13-19(21)23(26,27)28)18-14-16(24)5-6-20(18)25/h4-7,13-14,17,29H,2-3,8-12H2,1H3. The number of benzene rings is 2. The van der Waals surface area contributed by atoms with Crippen molar-refractivity contribution in [2.75, 3.05) is 19.7 Å². The Morgan fingerprint density at radius 1 is 1.14 bits per heavy atom. The SMILES string of the molecule is CCCCOC(=O)N1CCC(NS(=O)(=O)c2ccc(-c3cc(Cl)ccc3Cl)cc2C(F)(F)F)CC1. The predicted octanol–water partition coefficient (Wildman–Crippen LogP) is 6.36. The van der Waals surface area contributed by atoms with E-state index in [1.165, 1.54) is 29.2 Å². The molecule has 1 aliphatic rings. The van der Waals surface area contributed by atoms with Crippen molar-refractivity contribution >= 4 is 39.3 Å². The number of hydrogen-bond acceptors (Lipinski definition) is 4. The molecule has 192 valence electrons. The number of unbranched alkanes of at least 4 members (excludes halogenated alkanes) is 1. The highest BCUT2D eigenvalue weighted by Gasteiger charge is 2.38. The van der Waals surface area contributed by atoms with Gasteiger partial charge in [-0.05, 0) is 55.2 Å². The van der Waals surface area contributed by atoms with Crippen LogP contribution in [0, 0.1) is 0 Å². The van der Waals surface area contributed by atoms with Crippen molar-refractivity contribution in [3.63, 3.8) is 0 Å². The molecule has 0 aromatic heterocycles. The number of alkyl halides is 3. The third-order valence-corrected chi connectivity index (χ3v) is 7.76. The summed E-state index contributed by atoms with van der Waals surface area (Å²) in [6.45, 7) is 2.74. The molecule has 0 radical (unpaired) electrons. The minimum absolute atomic E-state index is 0.0821. The highest BCUT2D eigenvalue weighted by Crippen LogP contribution is 2.39. The second kappa shape index (κ2) is 11.4. The van der Waals surface area contributed by atoms with Crippen LogP contribution in [-0.4, -0.2) is 45.1 Å². The molecule has 0 saturated carbocycles. The van der Waals surface area contributed by atoms with E-state index in [1.54, 1.807) is 0 Å². The zero-order chi connectivity index (χ0) is 25.8. The summed E-state index contributed by atoms with van der Waals surface area (Å²) in [5.74, 6) is 0. The number of carbonyl (C=O) groups is 1.